The molecule has 0 aromatic carbocycles. The van der Waals surface area contributed by atoms with Gasteiger partial charge in [-0.2, -0.15) is 18.2 Å². The lowest BCUT2D eigenvalue weighted by Crippen LogP contribution is -2.07. The molecule has 0 unspecified atom stereocenters. The molecule has 0 saturated carbocycles. The number of hydrogen-bond donors (Lipinski definition) is 1. The molecule has 0 amide bonds. The molecule has 0 atom stereocenters. The van der Waals surface area contributed by atoms with Crippen molar-refractivity contribution in [2.45, 2.75) is 19.5 Å². The van der Waals surface area contributed by atoms with Crippen molar-refractivity contribution in [1.82, 2.24) is 9.97 Å². The van der Waals surface area contributed by atoms with Crippen LogP contribution in [0.4, 0.5) is 13.2 Å². The van der Waals surface area contributed by atoms with E-state index in [0.717, 1.165) is 6.07 Å². The summed E-state index contributed by atoms with van der Waals surface area (Å²) in [5.74, 6) is -0.411. The maximum atomic E-state index is 12.7. The zero-order chi connectivity index (χ0) is 14.6. The first-order valence-electron chi connectivity index (χ1n) is 5.36. The fourth-order valence-corrected chi connectivity index (χ4v) is 1.42. The lowest BCUT2D eigenvalue weighted by atomic mass is 10.2. The van der Waals surface area contributed by atoms with Crippen LogP contribution in [0.5, 0.6) is 0 Å². The Morgan fingerprint density at radius 2 is 2.00 bits per heavy atom. The van der Waals surface area contributed by atoms with Crippen molar-refractivity contribution in [3.8, 4) is 0 Å². The molecule has 2 rings (SSSR count). The Bertz CT molecular complexity index is 578. The number of pyridine rings is 1. The highest BCUT2D eigenvalue weighted by atomic mass is 19.4. The molecular formula is C11H12F3N3O2. The van der Waals surface area contributed by atoms with Gasteiger partial charge in [0.1, 0.15) is 5.56 Å². The third-order valence-corrected chi connectivity index (χ3v) is 2.20. The zero-order valence-corrected chi connectivity index (χ0v) is 10.3. The van der Waals surface area contributed by atoms with E-state index in [-0.39, 0.29) is 17.6 Å². The number of halogens is 3. The number of aromatic nitrogens is 2. The third kappa shape index (κ3) is 3.08. The summed E-state index contributed by atoms with van der Waals surface area (Å²) in [5, 5.41) is 0. The molecule has 8 heteroatoms. The fraction of sp³-hybridized carbons (Fsp3) is 0.364. The van der Waals surface area contributed by atoms with Gasteiger partial charge >= 0.3 is 6.18 Å². The average molecular weight is 275 g/mol. The summed E-state index contributed by atoms with van der Waals surface area (Å²) in [6.07, 6.45) is -3.99. The van der Waals surface area contributed by atoms with Gasteiger partial charge in [-0.3, -0.25) is 4.79 Å². The second-order valence-corrected chi connectivity index (χ2v) is 3.34. The predicted octanol–water partition coefficient (Wildman–Crippen LogP) is 2.19. The number of carbonyl (C=O) groups excluding carboxylic acids is 1. The first-order valence-corrected chi connectivity index (χ1v) is 5.36. The molecule has 0 aliphatic heterocycles. The van der Waals surface area contributed by atoms with E-state index in [9.17, 15) is 18.0 Å². The van der Waals surface area contributed by atoms with Gasteiger partial charge in [-0.05, 0) is 19.5 Å². The van der Waals surface area contributed by atoms with Gasteiger partial charge in [0.2, 0.25) is 6.29 Å². The molecule has 2 aromatic rings. The first kappa shape index (κ1) is 15.1. The largest absolute Gasteiger partial charge is 0.431 e. The Labute approximate surface area is 106 Å². The number of fused-ring (bicyclic) bond motifs is 1. The van der Waals surface area contributed by atoms with Gasteiger partial charge in [0.15, 0.2) is 11.2 Å². The molecule has 19 heavy (non-hydrogen) atoms. The van der Waals surface area contributed by atoms with Crippen molar-refractivity contribution in [2.75, 3.05) is 7.05 Å². The lowest BCUT2D eigenvalue weighted by molar-refractivity contribution is -0.136. The van der Waals surface area contributed by atoms with E-state index in [2.05, 4.69) is 15.7 Å². The second kappa shape index (κ2) is 5.79. The van der Waals surface area contributed by atoms with Crippen molar-refractivity contribution < 1.29 is 22.4 Å². The summed E-state index contributed by atoms with van der Waals surface area (Å²) in [5.41, 5.74) is 3.09. The zero-order valence-electron chi connectivity index (χ0n) is 10.3. The number of oxazole rings is 1. The molecule has 0 aliphatic carbocycles. The molecule has 0 saturated heterocycles. The van der Waals surface area contributed by atoms with E-state index in [1.165, 1.54) is 7.05 Å². The molecule has 0 aliphatic rings. The maximum Gasteiger partial charge on any atom is 0.420 e. The van der Waals surface area contributed by atoms with Gasteiger partial charge < -0.3 is 10.2 Å². The van der Waals surface area contributed by atoms with Gasteiger partial charge in [-0.15, -0.1) is 0 Å². The van der Waals surface area contributed by atoms with Crippen molar-refractivity contribution in [3.05, 3.63) is 23.2 Å². The highest BCUT2D eigenvalue weighted by molar-refractivity contribution is 5.79. The molecule has 2 aromatic heterocycles. The molecule has 104 valence electrons. The van der Waals surface area contributed by atoms with E-state index in [0.29, 0.717) is 6.42 Å². The summed E-state index contributed by atoms with van der Waals surface area (Å²) < 4.78 is 42.9. The van der Waals surface area contributed by atoms with E-state index in [1.807, 2.05) is 0 Å². The number of aldehydes is 1. The van der Waals surface area contributed by atoms with Crippen LogP contribution in [0.15, 0.2) is 10.5 Å². The lowest BCUT2D eigenvalue weighted by Gasteiger charge is -2.07. The van der Waals surface area contributed by atoms with Gasteiger partial charge in [0.05, 0.1) is 0 Å². The second-order valence-electron chi connectivity index (χ2n) is 3.34. The quantitative estimate of drug-likeness (QED) is 0.849. The Morgan fingerprint density at radius 3 is 2.47 bits per heavy atom. The SMILES string of the molecule is CCc1cc(C(F)(F)F)c2oc(C=O)nc2n1.CN. The fourth-order valence-electron chi connectivity index (χ4n) is 1.42. The number of carbonyl (C=O) groups is 1. The predicted molar refractivity (Wildman–Crippen MR) is 61.7 cm³/mol. The molecule has 0 bridgehead atoms. The van der Waals surface area contributed by atoms with Gasteiger partial charge in [0, 0.05) is 5.69 Å². The van der Waals surface area contributed by atoms with Crippen LogP contribution in [0.25, 0.3) is 11.2 Å². The Kier molecular flexibility index (Phi) is 4.60. The van der Waals surface area contributed by atoms with Gasteiger partial charge in [0.25, 0.3) is 5.89 Å². The smallest absolute Gasteiger partial charge is 0.420 e. The molecule has 0 spiro atoms. The third-order valence-electron chi connectivity index (χ3n) is 2.20. The summed E-state index contributed by atoms with van der Waals surface area (Å²) in [6, 6.07) is 0.905. The van der Waals surface area contributed by atoms with Crippen LogP contribution >= 0.6 is 0 Å². The van der Waals surface area contributed by atoms with E-state index in [4.69, 9.17) is 4.42 Å². The molecule has 0 fully saturated rings. The van der Waals surface area contributed by atoms with Crippen molar-refractivity contribution >= 4 is 17.5 Å². The number of aryl methyl sites for hydroxylation is 1. The highest BCUT2D eigenvalue weighted by Crippen LogP contribution is 2.35. The van der Waals surface area contributed by atoms with Crippen LogP contribution < -0.4 is 5.73 Å². The summed E-state index contributed by atoms with van der Waals surface area (Å²) in [4.78, 5) is 17.9. The highest BCUT2D eigenvalue weighted by Gasteiger charge is 2.35. The number of alkyl halides is 3. The summed E-state index contributed by atoms with van der Waals surface area (Å²) in [7, 11) is 1.50. The topological polar surface area (TPSA) is 82.0 Å². The van der Waals surface area contributed by atoms with E-state index in [1.54, 1.807) is 6.92 Å². The van der Waals surface area contributed by atoms with Crippen LogP contribution in [0, 0.1) is 0 Å². The van der Waals surface area contributed by atoms with Crippen molar-refractivity contribution in [3.63, 3.8) is 0 Å². The van der Waals surface area contributed by atoms with Crippen molar-refractivity contribution in [2.24, 2.45) is 5.73 Å². The van der Waals surface area contributed by atoms with Gasteiger partial charge in [-0.1, -0.05) is 6.92 Å². The minimum atomic E-state index is -4.56. The van der Waals surface area contributed by atoms with E-state index < -0.39 is 23.2 Å². The number of nitrogens with zero attached hydrogens (tertiary/aromatic N) is 2. The maximum absolute atomic E-state index is 12.7. The molecule has 5 nitrogen and oxygen atoms in total. The number of hydrogen-bond acceptors (Lipinski definition) is 5. The molecule has 2 N–H and O–H groups in total. The monoisotopic (exact) mass is 275 g/mol. The first-order chi connectivity index (χ1) is 8.95. The molecule has 2 heterocycles. The minimum Gasteiger partial charge on any atom is -0.431 e. The standard InChI is InChI=1S/C10H7F3N2O2.CH5N/c1-2-5-3-6(10(11,12)13)8-9(14-5)15-7(4-16)17-8;1-2/h3-4H,2H2,1H3;2H2,1H3. The average Bonchev–Trinajstić information content (AvgIpc) is 2.81. The van der Waals surface area contributed by atoms with Gasteiger partial charge in [-0.25, -0.2) is 4.98 Å². The van der Waals surface area contributed by atoms with E-state index >= 15 is 0 Å². The Hall–Kier alpha value is -1.96. The minimum absolute atomic E-state index is 0.196. The van der Waals surface area contributed by atoms with Crippen LogP contribution in [0.2, 0.25) is 0 Å². The van der Waals surface area contributed by atoms with Crippen molar-refractivity contribution in [1.29, 1.82) is 0 Å². The summed E-state index contributed by atoms with van der Waals surface area (Å²) in [6.45, 7) is 1.68. The van der Waals surface area contributed by atoms with Crippen LogP contribution in [-0.4, -0.2) is 23.3 Å². The number of rotatable bonds is 2. The van der Waals surface area contributed by atoms with Crippen LogP contribution in [-0.2, 0) is 12.6 Å². The van der Waals surface area contributed by atoms with Crippen LogP contribution in [0.1, 0.15) is 28.9 Å². The molecular weight excluding hydrogens is 263 g/mol. The summed E-state index contributed by atoms with van der Waals surface area (Å²) >= 11 is 0. The normalized spacial score (nSPS) is 11.1. The Morgan fingerprint density at radius 1 is 1.37 bits per heavy atom. The van der Waals surface area contributed by atoms with Crippen LogP contribution in [0.3, 0.4) is 0 Å². The molecule has 0 radical (unpaired) electrons. The Balaban J connectivity index is 0.000000861. The number of nitrogens with two attached hydrogens (primary N) is 1.